The van der Waals surface area contributed by atoms with Gasteiger partial charge in [0.05, 0.1) is 6.42 Å². The van der Waals surface area contributed by atoms with Crippen LogP contribution >= 0.6 is 0 Å². The molecule has 0 spiro atoms. The van der Waals surface area contributed by atoms with Gasteiger partial charge >= 0.3 is 6.03 Å². The summed E-state index contributed by atoms with van der Waals surface area (Å²) in [5, 5.41) is 4.43. The number of imide groups is 1. The second kappa shape index (κ2) is 9.05. The number of carbonyl (C=O) groups is 2. The summed E-state index contributed by atoms with van der Waals surface area (Å²) in [5.41, 5.74) is 1.93. The molecule has 29 heavy (non-hydrogen) atoms. The second-order valence-electron chi connectivity index (χ2n) is 6.53. The van der Waals surface area contributed by atoms with Crippen LogP contribution in [0.1, 0.15) is 22.3 Å². The van der Waals surface area contributed by atoms with Crippen LogP contribution in [0.3, 0.4) is 0 Å². The van der Waals surface area contributed by atoms with Gasteiger partial charge in [0.25, 0.3) is 5.91 Å². The van der Waals surface area contributed by atoms with Crippen molar-refractivity contribution in [2.75, 3.05) is 7.05 Å². The highest BCUT2D eigenvalue weighted by atomic mass is 19.1. The third-order valence-electron chi connectivity index (χ3n) is 4.41. The molecule has 3 amide bonds. The number of nitrogens with zero attached hydrogens (tertiary/aromatic N) is 1. The maximum absolute atomic E-state index is 13.6. The van der Waals surface area contributed by atoms with Gasteiger partial charge in [0.1, 0.15) is 24.2 Å². The van der Waals surface area contributed by atoms with E-state index in [1.165, 1.54) is 5.56 Å². The number of urea groups is 1. The maximum Gasteiger partial charge on any atom is 0.326 e. The average molecular weight is 396 g/mol. The number of benzene rings is 2. The Morgan fingerprint density at radius 3 is 2.31 bits per heavy atom. The van der Waals surface area contributed by atoms with Gasteiger partial charge in [-0.25, -0.2) is 18.2 Å². The summed E-state index contributed by atoms with van der Waals surface area (Å²) in [6.07, 6.45) is 5.96. The molecule has 0 bridgehead atoms. The Balaban J connectivity index is 1.58. The predicted octanol–water partition coefficient (Wildman–Crippen LogP) is 3.53. The largest absolute Gasteiger partial charge is 0.326 e. The van der Waals surface area contributed by atoms with Crippen LogP contribution in [-0.2, 0) is 6.54 Å². The van der Waals surface area contributed by atoms with Crippen LogP contribution in [0.15, 0.2) is 72.5 Å². The first kappa shape index (κ1) is 20.1. The van der Waals surface area contributed by atoms with Gasteiger partial charge in [0, 0.05) is 17.3 Å². The van der Waals surface area contributed by atoms with Crippen LogP contribution < -0.4 is 10.6 Å². The van der Waals surface area contributed by atoms with E-state index in [2.05, 4.69) is 9.89 Å². The lowest BCUT2D eigenvalue weighted by Crippen LogP contribution is -2.39. The molecule has 5 nitrogen and oxygen atoms in total. The molecule has 0 atom stereocenters. The quantitative estimate of drug-likeness (QED) is 0.777. The van der Waals surface area contributed by atoms with Gasteiger partial charge in [0.15, 0.2) is 12.3 Å². The first-order valence-electron chi connectivity index (χ1n) is 8.99. The Hall–Kier alpha value is -3.61. The van der Waals surface area contributed by atoms with E-state index in [0.29, 0.717) is 12.1 Å². The van der Waals surface area contributed by atoms with Crippen LogP contribution in [-0.4, -0.2) is 29.3 Å². The lowest BCUT2D eigenvalue weighted by molar-refractivity contribution is -0.514. The Labute approximate surface area is 167 Å². The van der Waals surface area contributed by atoms with Gasteiger partial charge in [-0.3, -0.25) is 10.1 Å². The molecule has 0 aliphatic heterocycles. The SMILES string of the molecule is C[N+](Cc1ccccc1)=C1C=CC(NC(=O)NC(=O)c2c(F)cccc2F)=CC1. The van der Waals surface area contributed by atoms with Crippen molar-refractivity contribution in [2.45, 2.75) is 13.0 Å². The minimum Gasteiger partial charge on any atom is -0.308 e. The van der Waals surface area contributed by atoms with Crippen molar-refractivity contribution in [1.29, 1.82) is 0 Å². The highest BCUT2D eigenvalue weighted by Crippen LogP contribution is 2.12. The number of allylic oxidation sites excluding steroid dienone is 3. The van der Waals surface area contributed by atoms with Gasteiger partial charge < -0.3 is 5.32 Å². The number of halogens is 2. The van der Waals surface area contributed by atoms with Crippen molar-refractivity contribution in [3.63, 3.8) is 0 Å². The fourth-order valence-corrected chi connectivity index (χ4v) is 2.91. The molecule has 3 rings (SSSR count). The normalized spacial score (nSPS) is 14.8. The summed E-state index contributed by atoms with van der Waals surface area (Å²) < 4.78 is 29.3. The van der Waals surface area contributed by atoms with Gasteiger partial charge in [-0.2, -0.15) is 0 Å². The number of amides is 3. The van der Waals surface area contributed by atoms with Gasteiger partial charge in [-0.05, 0) is 18.2 Å². The second-order valence-corrected chi connectivity index (χ2v) is 6.53. The molecule has 148 valence electrons. The summed E-state index contributed by atoms with van der Waals surface area (Å²) in [6, 6.07) is 12.2. The Kier molecular flexibility index (Phi) is 6.29. The van der Waals surface area contributed by atoms with E-state index in [1.807, 2.05) is 48.8 Å². The van der Waals surface area contributed by atoms with Crippen LogP contribution in [0, 0.1) is 11.6 Å². The molecule has 0 saturated carbocycles. The standard InChI is InChI=1S/C22H19F2N3O2/c1-27(14-15-6-3-2-4-7-15)17-12-10-16(11-13-17)25-22(29)26-21(28)20-18(23)8-5-9-19(20)24/h2-12H,13-14H2,1H3,(H-,25,26,28,29)/p+1. The third kappa shape index (κ3) is 5.22. The summed E-state index contributed by atoms with van der Waals surface area (Å²) in [6.45, 7) is 0.750. The molecule has 1 aliphatic rings. The molecule has 0 saturated heterocycles. The number of rotatable bonds is 4. The van der Waals surface area contributed by atoms with Crippen molar-refractivity contribution >= 4 is 17.6 Å². The summed E-state index contributed by atoms with van der Waals surface area (Å²) >= 11 is 0. The van der Waals surface area contributed by atoms with Crippen LogP contribution in [0.5, 0.6) is 0 Å². The molecular formula is C22H20F2N3O2+. The maximum atomic E-state index is 13.6. The Bertz CT molecular complexity index is 1010. The van der Waals surface area contributed by atoms with Crippen LogP contribution in [0.4, 0.5) is 13.6 Å². The van der Waals surface area contributed by atoms with E-state index >= 15 is 0 Å². The zero-order valence-corrected chi connectivity index (χ0v) is 15.8. The zero-order chi connectivity index (χ0) is 20.8. The van der Waals surface area contributed by atoms with Gasteiger partial charge in [-0.1, -0.05) is 42.5 Å². The van der Waals surface area contributed by atoms with Crippen LogP contribution in [0.2, 0.25) is 0 Å². The van der Waals surface area contributed by atoms with Crippen LogP contribution in [0.25, 0.3) is 0 Å². The first-order chi connectivity index (χ1) is 13.9. The Morgan fingerprint density at radius 2 is 1.69 bits per heavy atom. The molecule has 0 aromatic heterocycles. The highest BCUT2D eigenvalue weighted by molar-refractivity contribution is 6.05. The Morgan fingerprint density at radius 1 is 1.00 bits per heavy atom. The van der Waals surface area contributed by atoms with Crippen molar-refractivity contribution in [1.82, 2.24) is 10.6 Å². The molecule has 1 aliphatic carbocycles. The van der Waals surface area contributed by atoms with E-state index < -0.39 is 29.1 Å². The van der Waals surface area contributed by atoms with E-state index in [9.17, 15) is 18.4 Å². The van der Waals surface area contributed by atoms with Gasteiger partial charge in [0.2, 0.25) is 0 Å². The smallest absolute Gasteiger partial charge is 0.308 e. The summed E-state index contributed by atoms with van der Waals surface area (Å²) in [7, 11) is 1.98. The topological polar surface area (TPSA) is 61.2 Å². The molecule has 2 aromatic carbocycles. The number of hydrogen-bond donors (Lipinski definition) is 2. The van der Waals surface area contributed by atoms with Crippen molar-refractivity contribution < 1.29 is 22.9 Å². The number of carbonyl (C=O) groups excluding carboxylic acids is 2. The first-order valence-corrected chi connectivity index (χ1v) is 8.99. The van der Waals surface area contributed by atoms with Crippen molar-refractivity contribution in [3.05, 3.63) is 95.2 Å². The van der Waals surface area contributed by atoms with Gasteiger partial charge in [-0.15, -0.1) is 0 Å². The molecular weight excluding hydrogens is 376 g/mol. The molecule has 0 radical (unpaired) electrons. The average Bonchev–Trinajstić information content (AvgIpc) is 2.69. The molecule has 7 heteroatoms. The molecule has 0 heterocycles. The minimum absolute atomic E-state index is 0.487. The molecule has 0 unspecified atom stereocenters. The van der Waals surface area contributed by atoms with E-state index in [0.717, 1.165) is 30.5 Å². The number of hydrogen-bond acceptors (Lipinski definition) is 2. The fraction of sp³-hybridized carbons (Fsp3) is 0.136. The molecule has 2 N–H and O–H groups in total. The minimum atomic E-state index is -1.15. The van der Waals surface area contributed by atoms with Crippen molar-refractivity contribution in [2.24, 2.45) is 0 Å². The summed E-state index contributed by atoms with van der Waals surface area (Å²) in [4.78, 5) is 23.9. The summed E-state index contributed by atoms with van der Waals surface area (Å²) in [5.74, 6) is -3.21. The number of nitrogens with one attached hydrogen (secondary N) is 2. The molecule has 2 aromatic rings. The fourth-order valence-electron chi connectivity index (χ4n) is 2.91. The highest BCUT2D eigenvalue weighted by Gasteiger charge is 2.20. The van der Waals surface area contributed by atoms with E-state index in [1.54, 1.807) is 12.2 Å². The molecule has 0 fully saturated rings. The van der Waals surface area contributed by atoms with Crippen molar-refractivity contribution in [3.8, 4) is 0 Å². The predicted molar refractivity (Wildman–Crippen MR) is 106 cm³/mol. The van der Waals surface area contributed by atoms with E-state index in [4.69, 9.17) is 0 Å². The lowest BCUT2D eigenvalue weighted by atomic mass is 10.1. The van der Waals surface area contributed by atoms with E-state index in [-0.39, 0.29) is 0 Å². The monoisotopic (exact) mass is 396 g/mol. The zero-order valence-electron chi connectivity index (χ0n) is 15.8. The lowest BCUT2D eigenvalue weighted by Gasteiger charge is -2.11. The third-order valence-corrected chi connectivity index (χ3v) is 4.41.